The zero-order chi connectivity index (χ0) is 11.2. The lowest BCUT2D eigenvalue weighted by Gasteiger charge is -2.12. The smallest absolute Gasteiger partial charge is 0.0704 e. The van der Waals surface area contributed by atoms with Gasteiger partial charge < -0.3 is 10.1 Å². The third-order valence-corrected chi connectivity index (χ3v) is 3.03. The molecule has 2 unspecified atom stereocenters. The second-order valence-corrected chi connectivity index (χ2v) is 4.46. The molecule has 2 atom stereocenters. The first-order chi connectivity index (χ1) is 7.84. The first kappa shape index (κ1) is 11.6. The summed E-state index contributed by atoms with van der Waals surface area (Å²) in [5, 5.41) is 3.45. The minimum atomic E-state index is 0.424. The number of nitrogens with zero attached hydrogens (tertiary/aromatic N) is 1. The van der Waals surface area contributed by atoms with Gasteiger partial charge in [-0.2, -0.15) is 0 Å². The lowest BCUT2D eigenvalue weighted by molar-refractivity contribution is 0.0562. The fourth-order valence-corrected chi connectivity index (χ4v) is 2.08. The molecule has 16 heavy (non-hydrogen) atoms. The summed E-state index contributed by atoms with van der Waals surface area (Å²) in [6.45, 7) is 4.14. The number of ether oxygens (including phenoxy) is 1. The van der Waals surface area contributed by atoms with Gasteiger partial charge >= 0.3 is 0 Å². The summed E-state index contributed by atoms with van der Waals surface area (Å²) < 4.78 is 5.74. The molecule has 88 valence electrons. The Hall–Kier alpha value is -0.930. The number of nitrogens with one attached hydrogen (secondary N) is 1. The minimum absolute atomic E-state index is 0.424. The summed E-state index contributed by atoms with van der Waals surface area (Å²) in [6.07, 6.45) is 8.03. The highest BCUT2D eigenvalue weighted by molar-refractivity contribution is 5.09. The van der Waals surface area contributed by atoms with E-state index in [1.807, 2.05) is 12.4 Å². The van der Waals surface area contributed by atoms with Gasteiger partial charge in [-0.1, -0.05) is 0 Å². The molecule has 1 aromatic heterocycles. The molecule has 0 amide bonds. The Kier molecular flexibility index (Phi) is 4.31. The van der Waals surface area contributed by atoms with Crippen LogP contribution in [0.2, 0.25) is 0 Å². The molecular formula is C13H20N2O. The third-order valence-electron chi connectivity index (χ3n) is 3.03. The summed E-state index contributed by atoms with van der Waals surface area (Å²) in [7, 11) is 0. The highest BCUT2D eigenvalue weighted by Gasteiger charge is 2.20. The highest BCUT2D eigenvalue weighted by atomic mass is 16.5. The van der Waals surface area contributed by atoms with Gasteiger partial charge in [0.15, 0.2) is 0 Å². The van der Waals surface area contributed by atoms with Crippen LogP contribution in [0.15, 0.2) is 24.5 Å². The SMILES string of the molecule is CC1CCC(CNCCc2ccncc2)O1. The molecule has 1 aromatic rings. The molecule has 1 aliphatic heterocycles. The molecule has 3 nitrogen and oxygen atoms in total. The largest absolute Gasteiger partial charge is 0.374 e. The molecule has 0 spiro atoms. The molecule has 0 bridgehead atoms. The highest BCUT2D eigenvalue weighted by Crippen LogP contribution is 2.17. The molecule has 2 rings (SSSR count). The Morgan fingerprint density at radius 3 is 2.88 bits per heavy atom. The van der Waals surface area contributed by atoms with Gasteiger partial charge in [-0.15, -0.1) is 0 Å². The number of rotatable bonds is 5. The van der Waals surface area contributed by atoms with Crippen LogP contribution in [0.5, 0.6) is 0 Å². The first-order valence-electron chi connectivity index (χ1n) is 6.09. The molecule has 0 saturated carbocycles. The summed E-state index contributed by atoms with van der Waals surface area (Å²) >= 11 is 0. The van der Waals surface area contributed by atoms with Crippen LogP contribution in [0.3, 0.4) is 0 Å². The maximum atomic E-state index is 5.74. The fraction of sp³-hybridized carbons (Fsp3) is 0.615. The van der Waals surface area contributed by atoms with Gasteiger partial charge in [0.05, 0.1) is 12.2 Å². The van der Waals surface area contributed by atoms with Crippen molar-refractivity contribution in [2.45, 2.75) is 38.4 Å². The zero-order valence-electron chi connectivity index (χ0n) is 9.86. The average molecular weight is 220 g/mol. The summed E-state index contributed by atoms with van der Waals surface area (Å²) in [6, 6.07) is 4.13. The molecule has 1 fully saturated rings. The van der Waals surface area contributed by atoms with Gasteiger partial charge in [0.25, 0.3) is 0 Å². The van der Waals surface area contributed by atoms with E-state index in [1.165, 1.54) is 18.4 Å². The molecule has 0 aromatic carbocycles. The van der Waals surface area contributed by atoms with Crippen molar-refractivity contribution in [2.75, 3.05) is 13.1 Å². The lowest BCUT2D eigenvalue weighted by Crippen LogP contribution is -2.28. The van der Waals surface area contributed by atoms with E-state index < -0.39 is 0 Å². The average Bonchev–Trinajstić information content (AvgIpc) is 2.72. The Morgan fingerprint density at radius 1 is 1.38 bits per heavy atom. The Labute approximate surface area is 97.2 Å². The topological polar surface area (TPSA) is 34.2 Å². The minimum Gasteiger partial charge on any atom is -0.374 e. The van der Waals surface area contributed by atoms with Crippen molar-refractivity contribution < 1.29 is 4.74 Å². The number of hydrogen-bond acceptors (Lipinski definition) is 3. The molecule has 1 saturated heterocycles. The molecule has 3 heteroatoms. The molecular weight excluding hydrogens is 200 g/mol. The van der Waals surface area contributed by atoms with Crippen molar-refractivity contribution in [3.8, 4) is 0 Å². The second-order valence-electron chi connectivity index (χ2n) is 4.46. The van der Waals surface area contributed by atoms with E-state index in [0.717, 1.165) is 19.5 Å². The van der Waals surface area contributed by atoms with Crippen molar-refractivity contribution in [1.29, 1.82) is 0 Å². The molecule has 1 aliphatic rings. The van der Waals surface area contributed by atoms with Gasteiger partial charge in [0.2, 0.25) is 0 Å². The number of pyridine rings is 1. The Bertz CT molecular complexity index is 302. The van der Waals surface area contributed by atoms with Crippen LogP contribution in [0.4, 0.5) is 0 Å². The quantitative estimate of drug-likeness (QED) is 0.768. The van der Waals surface area contributed by atoms with E-state index in [4.69, 9.17) is 4.74 Å². The molecule has 0 radical (unpaired) electrons. The van der Waals surface area contributed by atoms with Gasteiger partial charge in [0.1, 0.15) is 0 Å². The van der Waals surface area contributed by atoms with Crippen molar-refractivity contribution >= 4 is 0 Å². The van der Waals surface area contributed by atoms with E-state index in [2.05, 4.69) is 29.4 Å². The Balaban J connectivity index is 1.59. The summed E-state index contributed by atoms with van der Waals surface area (Å²) in [5.74, 6) is 0. The van der Waals surface area contributed by atoms with E-state index >= 15 is 0 Å². The summed E-state index contributed by atoms with van der Waals surface area (Å²) in [5.41, 5.74) is 1.34. The van der Waals surface area contributed by atoms with Crippen LogP contribution in [0.1, 0.15) is 25.3 Å². The normalized spacial score (nSPS) is 24.8. The van der Waals surface area contributed by atoms with Crippen LogP contribution < -0.4 is 5.32 Å². The number of hydrogen-bond donors (Lipinski definition) is 1. The van der Waals surface area contributed by atoms with Crippen molar-refractivity contribution in [1.82, 2.24) is 10.3 Å². The predicted octanol–water partition coefficient (Wildman–Crippen LogP) is 1.78. The van der Waals surface area contributed by atoms with Gasteiger partial charge in [-0.25, -0.2) is 0 Å². The van der Waals surface area contributed by atoms with E-state index in [1.54, 1.807) is 0 Å². The van der Waals surface area contributed by atoms with Crippen LogP contribution in [0.25, 0.3) is 0 Å². The Morgan fingerprint density at radius 2 is 2.19 bits per heavy atom. The van der Waals surface area contributed by atoms with Crippen molar-refractivity contribution in [3.05, 3.63) is 30.1 Å². The van der Waals surface area contributed by atoms with Crippen molar-refractivity contribution in [2.24, 2.45) is 0 Å². The lowest BCUT2D eigenvalue weighted by atomic mass is 10.2. The maximum Gasteiger partial charge on any atom is 0.0704 e. The third kappa shape index (κ3) is 3.58. The van der Waals surface area contributed by atoms with E-state index in [9.17, 15) is 0 Å². The monoisotopic (exact) mass is 220 g/mol. The van der Waals surface area contributed by atoms with Gasteiger partial charge in [-0.3, -0.25) is 4.98 Å². The summed E-state index contributed by atoms with van der Waals surface area (Å²) in [4.78, 5) is 4.00. The second kappa shape index (κ2) is 5.97. The standard InChI is InChI=1S/C13H20N2O/c1-11-2-3-13(16-11)10-15-9-6-12-4-7-14-8-5-12/h4-5,7-8,11,13,15H,2-3,6,9-10H2,1H3. The molecule has 1 N–H and O–H groups in total. The predicted molar refractivity (Wildman–Crippen MR) is 64.4 cm³/mol. The van der Waals surface area contributed by atoms with Crippen LogP contribution in [-0.4, -0.2) is 30.3 Å². The first-order valence-corrected chi connectivity index (χ1v) is 6.09. The molecule has 0 aliphatic carbocycles. The van der Waals surface area contributed by atoms with Crippen LogP contribution in [0, 0.1) is 0 Å². The van der Waals surface area contributed by atoms with Crippen molar-refractivity contribution in [3.63, 3.8) is 0 Å². The van der Waals surface area contributed by atoms with Gasteiger partial charge in [-0.05, 0) is 50.4 Å². The maximum absolute atomic E-state index is 5.74. The number of aromatic nitrogens is 1. The zero-order valence-corrected chi connectivity index (χ0v) is 9.86. The van der Waals surface area contributed by atoms with Crippen LogP contribution >= 0.6 is 0 Å². The van der Waals surface area contributed by atoms with Crippen LogP contribution in [-0.2, 0) is 11.2 Å². The van der Waals surface area contributed by atoms with E-state index in [0.29, 0.717) is 12.2 Å². The fourth-order valence-electron chi connectivity index (χ4n) is 2.08. The molecule has 2 heterocycles. The van der Waals surface area contributed by atoms with Gasteiger partial charge in [0, 0.05) is 18.9 Å². The van der Waals surface area contributed by atoms with E-state index in [-0.39, 0.29) is 0 Å².